The van der Waals surface area contributed by atoms with Gasteiger partial charge in [-0.15, -0.1) is 0 Å². The van der Waals surface area contributed by atoms with E-state index in [9.17, 15) is 9.00 Å². The first kappa shape index (κ1) is 16.7. The third kappa shape index (κ3) is 4.96. The monoisotopic (exact) mass is 296 g/mol. The molecular formula is C15H24N2O2S. The molecule has 2 atom stereocenters. The van der Waals surface area contributed by atoms with Crippen molar-refractivity contribution in [3.63, 3.8) is 0 Å². The number of anilines is 2. The molecule has 0 saturated carbocycles. The summed E-state index contributed by atoms with van der Waals surface area (Å²) < 4.78 is 11.8. The highest BCUT2D eigenvalue weighted by Crippen LogP contribution is 2.20. The van der Waals surface area contributed by atoms with E-state index in [1.165, 1.54) is 0 Å². The molecule has 0 radical (unpaired) electrons. The molecule has 1 rings (SSSR count). The maximum Gasteiger partial charge on any atom is 0.224 e. The summed E-state index contributed by atoms with van der Waals surface area (Å²) in [5.41, 5.74) is 8.09. The molecule has 0 aromatic heterocycles. The van der Waals surface area contributed by atoms with Crippen LogP contribution in [0.4, 0.5) is 11.4 Å². The van der Waals surface area contributed by atoms with Gasteiger partial charge < -0.3 is 11.1 Å². The molecule has 0 heterocycles. The second-order valence-electron chi connectivity index (χ2n) is 4.98. The highest BCUT2D eigenvalue weighted by Gasteiger charge is 2.10. The number of benzene rings is 1. The largest absolute Gasteiger partial charge is 0.398 e. The first-order valence-electron chi connectivity index (χ1n) is 6.97. The van der Waals surface area contributed by atoms with Gasteiger partial charge in [-0.05, 0) is 37.5 Å². The number of carbonyl (C=O) groups is 1. The highest BCUT2D eigenvalue weighted by molar-refractivity contribution is 7.85. The predicted molar refractivity (Wildman–Crippen MR) is 86.2 cm³/mol. The second-order valence-corrected chi connectivity index (χ2v) is 6.95. The van der Waals surface area contributed by atoms with Crippen molar-refractivity contribution in [3.05, 3.63) is 23.8 Å². The molecular weight excluding hydrogens is 272 g/mol. The lowest BCUT2D eigenvalue weighted by molar-refractivity contribution is -0.116. The van der Waals surface area contributed by atoms with Crippen molar-refractivity contribution in [1.29, 1.82) is 0 Å². The van der Waals surface area contributed by atoms with Crippen LogP contribution in [0.5, 0.6) is 0 Å². The quantitative estimate of drug-likeness (QED) is 0.760. The molecule has 0 saturated heterocycles. The van der Waals surface area contributed by atoms with Crippen molar-refractivity contribution in [2.45, 2.75) is 45.3 Å². The molecule has 112 valence electrons. The van der Waals surface area contributed by atoms with Gasteiger partial charge in [-0.1, -0.05) is 19.9 Å². The lowest BCUT2D eigenvalue weighted by atomic mass is 10.1. The molecule has 1 aromatic rings. The number of rotatable bonds is 7. The normalized spacial score (nSPS) is 13.8. The van der Waals surface area contributed by atoms with E-state index in [-0.39, 0.29) is 11.2 Å². The molecule has 0 aliphatic heterocycles. The Morgan fingerprint density at radius 1 is 1.45 bits per heavy atom. The number of nitrogens with one attached hydrogen (secondary N) is 1. The van der Waals surface area contributed by atoms with Crippen molar-refractivity contribution in [3.8, 4) is 0 Å². The van der Waals surface area contributed by atoms with Crippen molar-refractivity contribution in [2.24, 2.45) is 0 Å². The molecule has 3 N–H and O–H groups in total. The van der Waals surface area contributed by atoms with Crippen molar-refractivity contribution < 1.29 is 9.00 Å². The van der Waals surface area contributed by atoms with E-state index in [4.69, 9.17) is 5.73 Å². The zero-order valence-corrected chi connectivity index (χ0v) is 13.3. The minimum absolute atomic E-state index is 0.0557. The summed E-state index contributed by atoms with van der Waals surface area (Å²) in [6, 6.07) is 5.46. The van der Waals surface area contributed by atoms with Crippen LogP contribution in [-0.4, -0.2) is 21.1 Å². The van der Waals surface area contributed by atoms with Crippen molar-refractivity contribution >= 4 is 28.1 Å². The number of nitrogens with two attached hydrogens (primary N) is 1. The Morgan fingerprint density at radius 3 is 2.80 bits per heavy atom. The average Bonchev–Trinajstić information content (AvgIpc) is 2.42. The van der Waals surface area contributed by atoms with E-state index >= 15 is 0 Å². The first-order chi connectivity index (χ1) is 9.45. The van der Waals surface area contributed by atoms with Gasteiger partial charge in [0, 0.05) is 39.6 Å². The topological polar surface area (TPSA) is 72.2 Å². The molecule has 0 fully saturated rings. The van der Waals surface area contributed by atoms with Gasteiger partial charge in [0.15, 0.2) is 0 Å². The van der Waals surface area contributed by atoms with E-state index in [2.05, 4.69) is 5.32 Å². The Kier molecular flexibility index (Phi) is 6.71. The van der Waals surface area contributed by atoms with Crippen molar-refractivity contribution in [2.75, 3.05) is 16.8 Å². The van der Waals surface area contributed by atoms with Crippen LogP contribution < -0.4 is 11.1 Å². The Morgan fingerprint density at radius 2 is 2.15 bits per heavy atom. The summed E-state index contributed by atoms with van der Waals surface area (Å²) in [5, 5.41) is 3.05. The fraction of sp³-hybridized carbons (Fsp3) is 0.533. The molecule has 5 heteroatoms. The Bertz CT molecular complexity index is 489. The smallest absolute Gasteiger partial charge is 0.224 e. The lowest BCUT2D eigenvalue weighted by Gasteiger charge is -2.11. The standard InChI is InChI=1S/C15H24N2O2S/c1-4-11(2)20(19)10-6-9-15(18)17-14-8-5-7-13(16)12(14)3/h5,7-8,11H,4,6,9-10,16H2,1-3H3,(H,17,18). The van der Waals surface area contributed by atoms with Crippen LogP contribution >= 0.6 is 0 Å². The third-order valence-corrected chi connectivity index (χ3v) is 5.34. The summed E-state index contributed by atoms with van der Waals surface area (Å²) in [6.45, 7) is 5.88. The minimum Gasteiger partial charge on any atom is -0.398 e. The van der Waals surface area contributed by atoms with E-state index in [0.29, 0.717) is 24.3 Å². The number of amides is 1. The molecule has 1 aromatic carbocycles. The fourth-order valence-corrected chi connectivity index (χ4v) is 2.97. The first-order valence-corrected chi connectivity index (χ1v) is 8.36. The van der Waals surface area contributed by atoms with E-state index in [1.807, 2.05) is 32.9 Å². The number of carbonyl (C=O) groups excluding carboxylic acids is 1. The summed E-state index contributed by atoms with van der Waals surface area (Å²) in [7, 11) is -0.836. The molecule has 0 bridgehead atoms. The van der Waals surface area contributed by atoms with Crippen LogP contribution in [-0.2, 0) is 15.6 Å². The second kappa shape index (κ2) is 8.04. The van der Waals surface area contributed by atoms with Crippen LogP contribution in [0.1, 0.15) is 38.7 Å². The van der Waals surface area contributed by atoms with Gasteiger partial charge in [0.25, 0.3) is 0 Å². The van der Waals surface area contributed by atoms with Crippen molar-refractivity contribution in [1.82, 2.24) is 0 Å². The third-order valence-electron chi connectivity index (χ3n) is 3.42. The van der Waals surface area contributed by atoms with E-state index < -0.39 is 10.8 Å². The Balaban J connectivity index is 2.41. The van der Waals surface area contributed by atoms with Crippen LogP contribution in [0, 0.1) is 6.92 Å². The zero-order chi connectivity index (χ0) is 15.1. The Hall–Kier alpha value is -1.36. The number of hydrogen-bond donors (Lipinski definition) is 2. The Labute approximate surface area is 123 Å². The molecule has 4 nitrogen and oxygen atoms in total. The van der Waals surface area contributed by atoms with Gasteiger partial charge in [0.1, 0.15) is 0 Å². The summed E-state index contributed by atoms with van der Waals surface area (Å²) >= 11 is 0. The van der Waals surface area contributed by atoms with Crippen LogP contribution in [0.3, 0.4) is 0 Å². The van der Waals surface area contributed by atoms with Crippen LogP contribution in [0.15, 0.2) is 18.2 Å². The molecule has 2 unspecified atom stereocenters. The summed E-state index contributed by atoms with van der Waals surface area (Å²) in [6.07, 6.45) is 1.93. The van der Waals surface area contributed by atoms with Crippen LogP contribution in [0.25, 0.3) is 0 Å². The molecule has 0 spiro atoms. The van der Waals surface area contributed by atoms with Gasteiger partial charge in [0.05, 0.1) is 0 Å². The maximum absolute atomic E-state index is 11.8. The number of hydrogen-bond acceptors (Lipinski definition) is 3. The van der Waals surface area contributed by atoms with Gasteiger partial charge >= 0.3 is 0 Å². The van der Waals surface area contributed by atoms with E-state index in [1.54, 1.807) is 6.07 Å². The SMILES string of the molecule is CCC(C)S(=O)CCCC(=O)Nc1cccc(N)c1C. The lowest BCUT2D eigenvalue weighted by Crippen LogP contribution is -2.16. The average molecular weight is 296 g/mol. The van der Waals surface area contributed by atoms with Gasteiger partial charge in [-0.25, -0.2) is 0 Å². The fourth-order valence-electron chi connectivity index (χ4n) is 1.76. The maximum atomic E-state index is 11.8. The van der Waals surface area contributed by atoms with Gasteiger partial charge in [-0.3, -0.25) is 9.00 Å². The van der Waals surface area contributed by atoms with Crippen LogP contribution in [0.2, 0.25) is 0 Å². The number of nitrogen functional groups attached to an aromatic ring is 1. The van der Waals surface area contributed by atoms with Gasteiger partial charge in [0.2, 0.25) is 5.91 Å². The minimum atomic E-state index is -0.836. The van der Waals surface area contributed by atoms with E-state index in [0.717, 1.165) is 17.7 Å². The molecule has 0 aliphatic rings. The summed E-state index contributed by atoms with van der Waals surface area (Å²) in [5.74, 6) is 0.526. The highest BCUT2D eigenvalue weighted by atomic mass is 32.2. The predicted octanol–water partition coefficient (Wildman–Crippen LogP) is 2.84. The molecule has 20 heavy (non-hydrogen) atoms. The molecule has 1 amide bonds. The zero-order valence-electron chi connectivity index (χ0n) is 12.4. The van der Waals surface area contributed by atoms with Gasteiger partial charge in [-0.2, -0.15) is 0 Å². The summed E-state index contributed by atoms with van der Waals surface area (Å²) in [4.78, 5) is 11.8. The molecule has 0 aliphatic carbocycles.